The molecule has 118 valence electrons. The minimum atomic E-state index is -0.0198. The van der Waals surface area contributed by atoms with Crippen LogP contribution in [0.1, 0.15) is 13.3 Å². The monoisotopic (exact) mass is 318 g/mol. The number of aromatic nitrogens is 2. The molecule has 0 aliphatic heterocycles. The van der Waals surface area contributed by atoms with Crippen LogP contribution in [-0.4, -0.2) is 35.3 Å². The van der Waals surface area contributed by atoms with Gasteiger partial charge in [-0.1, -0.05) is 18.7 Å². The number of imidazole rings is 1. The Morgan fingerprint density at radius 1 is 1.32 bits per heavy atom. The Morgan fingerprint density at radius 3 is 2.68 bits per heavy atom. The Bertz CT molecular complexity index is 607. The molecular weight excluding hydrogens is 296 g/mol. The van der Waals surface area contributed by atoms with Gasteiger partial charge in [-0.05, 0) is 30.7 Å². The minimum absolute atomic E-state index is 0.0198. The Labute approximate surface area is 135 Å². The summed E-state index contributed by atoms with van der Waals surface area (Å²) in [5.74, 6) is 0.338. The highest BCUT2D eigenvalue weighted by Gasteiger charge is 2.08. The van der Waals surface area contributed by atoms with Crippen molar-refractivity contribution in [3.63, 3.8) is 0 Å². The molecule has 2 aromatic rings. The van der Waals surface area contributed by atoms with Crippen LogP contribution in [0.25, 0.3) is 0 Å². The molecule has 0 aliphatic rings. The van der Waals surface area contributed by atoms with E-state index in [0.717, 1.165) is 29.5 Å². The summed E-state index contributed by atoms with van der Waals surface area (Å²) in [5.41, 5.74) is 1.92. The summed E-state index contributed by atoms with van der Waals surface area (Å²) >= 11 is 1.46. The topological polar surface area (TPSA) is 50.2 Å². The van der Waals surface area contributed by atoms with E-state index in [2.05, 4.69) is 21.8 Å². The fourth-order valence-corrected chi connectivity index (χ4v) is 2.80. The van der Waals surface area contributed by atoms with Gasteiger partial charge in [0.1, 0.15) is 0 Å². The largest absolute Gasteiger partial charge is 0.378 e. The highest BCUT2D eigenvalue weighted by molar-refractivity contribution is 7.99. The van der Waals surface area contributed by atoms with Gasteiger partial charge >= 0.3 is 0 Å². The number of rotatable bonds is 7. The summed E-state index contributed by atoms with van der Waals surface area (Å²) < 4.78 is 2.07. The van der Waals surface area contributed by atoms with Crippen molar-refractivity contribution in [3.8, 4) is 0 Å². The van der Waals surface area contributed by atoms with Gasteiger partial charge in [-0.2, -0.15) is 0 Å². The summed E-state index contributed by atoms with van der Waals surface area (Å²) in [4.78, 5) is 18.3. The van der Waals surface area contributed by atoms with Crippen LogP contribution in [0.3, 0.4) is 0 Å². The van der Waals surface area contributed by atoms with E-state index in [9.17, 15) is 4.79 Å². The van der Waals surface area contributed by atoms with Crippen molar-refractivity contribution in [2.75, 3.05) is 30.1 Å². The molecule has 0 saturated heterocycles. The first-order valence-corrected chi connectivity index (χ1v) is 8.30. The molecule has 1 heterocycles. The standard InChI is InChI=1S/C16H22N4OS/c1-4-10-20-11-9-17-16(20)22-12-15(21)18-13-5-7-14(8-6-13)19(2)3/h5-9,11H,4,10,12H2,1-3H3,(H,18,21). The summed E-state index contributed by atoms with van der Waals surface area (Å²) in [6.07, 6.45) is 4.77. The number of benzene rings is 1. The van der Waals surface area contributed by atoms with Crippen LogP contribution in [0.15, 0.2) is 41.8 Å². The molecule has 1 N–H and O–H groups in total. The molecule has 2 rings (SSSR count). The van der Waals surface area contributed by atoms with Crippen LogP contribution in [0.5, 0.6) is 0 Å². The van der Waals surface area contributed by atoms with E-state index in [1.165, 1.54) is 11.8 Å². The molecule has 1 aromatic heterocycles. The average molecular weight is 318 g/mol. The van der Waals surface area contributed by atoms with Gasteiger partial charge in [0.25, 0.3) is 0 Å². The number of anilines is 2. The number of aryl methyl sites for hydroxylation is 1. The molecule has 22 heavy (non-hydrogen) atoms. The fraction of sp³-hybridized carbons (Fsp3) is 0.375. The molecule has 6 heteroatoms. The summed E-state index contributed by atoms with van der Waals surface area (Å²) in [5, 5.41) is 3.80. The molecule has 1 aromatic carbocycles. The normalized spacial score (nSPS) is 10.5. The maximum Gasteiger partial charge on any atom is 0.234 e. The molecule has 1 amide bonds. The van der Waals surface area contributed by atoms with Crippen LogP contribution in [0.2, 0.25) is 0 Å². The summed E-state index contributed by atoms with van der Waals surface area (Å²) in [6.45, 7) is 3.05. The first-order chi connectivity index (χ1) is 10.6. The molecule has 0 radical (unpaired) electrons. The van der Waals surface area contributed by atoms with Gasteiger partial charge in [-0.3, -0.25) is 4.79 Å². The van der Waals surface area contributed by atoms with Crippen molar-refractivity contribution >= 4 is 29.0 Å². The zero-order valence-electron chi connectivity index (χ0n) is 13.2. The van der Waals surface area contributed by atoms with Crippen molar-refractivity contribution < 1.29 is 4.79 Å². The van der Waals surface area contributed by atoms with Gasteiger partial charge in [-0.15, -0.1) is 0 Å². The fourth-order valence-electron chi connectivity index (χ4n) is 2.02. The molecule has 0 bridgehead atoms. The lowest BCUT2D eigenvalue weighted by Gasteiger charge is -2.13. The molecule has 0 saturated carbocycles. The van der Waals surface area contributed by atoms with E-state index in [-0.39, 0.29) is 5.91 Å². The lowest BCUT2D eigenvalue weighted by molar-refractivity contribution is -0.113. The Balaban J connectivity index is 1.86. The first kappa shape index (κ1) is 16.4. The number of thioether (sulfide) groups is 1. The van der Waals surface area contributed by atoms with Crippen LogP contribution in [0, 0.1) is 0 Å². The number of nitrogens with one attached hydrogen (secondary N) is 1. The quantitative estimate of drug-likeness (QED) is 0.797. The number of hydrogen-bond donors (Lipinski definition) is 1. The molecule has 0 unspecified atom stereocenters. The molecule has 0 spiro atoms. The van der Waals surface area contributed by atoms with Crippen molar-refractivity contribution in [1.82, 2.24) is 9.55 Å². The maximum atomic E-state index is 12.0. The zero-order chi connectivity index (χ0) is 15.9. The zero-order valence-corrected chi connectivity index (χ0v) is 14.1. The predicted octanol–water partition coefficient (Wildman–Crippen LogP) is 3.09. The smallest absolute Gasteiger partial charge is 0.234 e. The first-order valence-electron chi connectivity index (χ1n) is 7.31. The summed E-state index contributed by atoms with van der Waals surface area (Å²) in [7, 11) is 3.98. The van der Waals surface area contributed by atoms with E-state index < -0.39 is 0 Å². The molecule has 0 atom stereocenters. The molecule has 5 nitrogen and oxygen atoms in total. The van der Waals surface area contributed by atoms with Gasteiger partial charge in [0.05, 0.1) is 5.75 Å². The third-order valence-corrected chi connectivity index (χ3v) is 4.15. The van der Waals surface area contributed by atoms with Gasteiger partial charge in [0.2, 0.25) is 5.91 Å². The number of carbonyl (C=O) groups excluding carboxylic acids is 1. The van der Waals surface area contributed by atoms with Crippen LogP contribution < -0.4 is 10.2 Å². The molecule has 0 aliphatic carbocycles. The Kier molecular flexibility index (Phi) is 5.89. The average Bonchev–Trinajstić information content (AvgIpc) is 2.93. The second kappa shape index (κ2) is 7.89. The minimum Gasteiger partial charge on any atom is -0.378 e. The number of carbonyl (C=O) groups is 1. The van der Waals surface area contributed by atoms with E-state index >= 15 is 0 Å². The number of amides is 1. The van der Waals surface area contributed by atoms with Crippen molar-refractivity contribution in [2.24, 2.45) is 0 Å². The molecule has 0 fully saturated rings. The van der Waals surface area contributed by atoms with Gasteiger partial charge in [-0.25, -0.2) is 4.98 Å². The van der Waals surface area contributed by atoms with Gasteiger partial charge in [0, 0.05) is 44.4 Å². The van der Waals surface area contributed by atoms with E-state index in [0.29, 0.717) is 5.75 Å². The second-order valence-electron chi connectivity index (χ2n) is 5.18. The van der Waals surface area contributed by atoms with Crippen molar-refractivity contribution in [2.45, 2.75) is 25.0 Å². The summed E-state index contributed by atoms with van der Waals surface area (Å²) in [6, 6.07) is 7.79. The molecular formula is C16H22N4OS. The van der Waals surface area contributed by atoms with Gasteiger partial charge < -0.3 is 14.8 Å². The predicted molar refractivity (Wildman–Crippen MR) is 92.6 cm³/mol. The van der Waals surface area contributed by atoms with Crippen molar-refractivity contribution in [3.05, 3.63) is 36.7 Å². The lowest BCUT2D eigenvalue weighted by Crippen LogP contribution is -2.15. The van der Waals surface area contributed by atoms with E-state index in [4.69, 9.17) is 0 Å². The van der Waals surface area contributed by atoms with Gasteiger partial charge in [0.15, 0.2) is 5.16 Å². The van der Waals surface area contributed by atoms with Crippen LogP contribution >= 0.6 is 11.8 Å². The SMILES string of the molecule is CCCn1ccnc1SCC(=O)Nc1ccc(N(C)C)cc1. The van der Waals surface area contributed by atoms with E-state index in [1.807, 2.05) is 49.5 Å². The second-order valence-corrected chi connectivity index (χ2v) is 6.12. The number of nitrogens with zero attached hydrogens (tertiary/aromatic N) is 3. The van der Waals surface area contributed by atoms with Crippen LogP contribution in [0.4, 0.5) is 11.4 Å². The highest BCUT2D eigenvalue weighted by Crippen LogP contribution is 2.18. The van der Waals surface area contributed by atoms with Crippen LogP contribution in [-0.2, 0) is 11.3 Å². The maximum absolute atomic E-state index is 12.0. The lowest BCUT2D eigenvalue weighted by atomic mass is 10.2. The highest BCUT2D eigenvalue weighted by atomic mass is 32.2. The third kappa shape index (κ3) is 4.53. The Morgan fingerprint density at radius 2 is 2.05 bits per heavy atom. The third-order valence-electron chi connectivity index (χ3n) is 3.14. The van der Waals surface area contributed by atoms with Crippen molar-refractivity contribution in [1.29, 1.82) is 0 Å². The Hall–Kier alpha value is -1.95. The van der Waals surface area contributed by atoms with E-state index in [1.54, 1.807) is 6.20 Å². The number of hydrogen-bond acceptors (Lipinski definition) is 4.